The SMILES string of the molecule is Cc1nc(-c2ccc(Cl)cc2)c(C(=O)Nc2nc(-c3ccccn3)c(C)o2)o1. The number of benzene rings is 1. The molecule has 0 atom stereocenters. The first-order valence-electron chi connectivity index (χ1n) is 8.45. The van der Waals surface area contributed by atoms with Gasteiger partial charge in [0.15, 0.2) is 5.89 Å². The van der Waals surface area contributed by atoms with Crippen LogP contribution in [0.2, 0.25) is 5.02 Å². The van der Waals surface area contributed by atoms with E-state index in [1.807, 2.05) is 18.2 Å². The molecule has 4 aromatic rings. The van der Waals surface area contributed by atoms with Crippen molar-refractivity contribution < 1.29 is 13.6 Å². The van der Waals surface area contributed by atoms with Crippen LogP contribution in [0.1, 0.15) is 22.2 Å². The summed E-state index contributed by atoms with van der Waals surface area (Å²) in [5.41, 5.74) is 2.34. The molecule has 7 nitrogen and oxygen atoms in total. The van der Waals surface area contributed by atoms with E-state index in [1.165, 1.54) is 0 Å². The molecule has 0 bridgehead atoms. The highest BCUT2D eigenvalue weighted by molar-refractivity contribution is 6.30. The number of hydrogen-bond acceptors (Lipinski definition) is 6. The molecule has 0 saturated carbocycles. The Bertz CT molecular complexity index is 1130. The molecule has 0 spiro atoms. The van der Waals surface area contributed by atoms with Crippen molar-refractivity contribution in [2.45, 2.75) is 13.8 Å². The molecule has 1 aromatic carbocycles. The molecule has 3 aromatic heterocycles. The molecular weight excluding hydrogens is 380 g/mol. The lowest BCUT2D eigenvalue weighted by molar-refractivity contribution is 0.0993. The largest absolute Gasteiger partial charge is 0.435 e. The van der Waals surface area contributed by atoms with E-state index in [0.29, 0.717) is 39.3 Å². The average Bonchev–Trinajstić information content (AvgIpc) is 3.25. The molecule has 0 aliphatic heterocycles. The summed E-state index contributed by atoms with van der Waals surface area (Å²) in [5, 5.41) is 3.21. The van der Waals surface area contributed by atoms with Crippen LogP contribution in [-0.4, -0.2) is 20.9 Å². The van der Waals surface area contributed by atoms with E-state index in [0.717, 1.165) is 0 Å². The van der Waals surface area contributed by atoms with Crippen LogP contribution in [-0.2, 0) is 0 Å². The molecule has 3 heterocycles. The summed E-state index contributed by atoms with van der Waals surface area (Å²) >= 11 is 5.93. The van der Waals surface area contributed by atoms with E-state index < -0.39 is 5.91 Å². The predicted octanol–water partition coefficient (Wildman–Crippen LogP) is 4.91. The molecule has 0 radical (unpaired) electrons. The van der Waals surface area contributed by atoms with E-state index in [4.69, 9.17) is 20.4 Å². The fraction of sp³-hybridized carbons (Fsp3) is 0.100. The molecule has 28 heavy (non-hydrogen) atoms. The smallest absolute Gasteiger partial charge is 0.302 e. The quantitative estimate of drug-likeness (QED) is 0.528. The molecule has 8 heteroatoms. The third-order valence-electron chi connectivity index (χ3n) is 3.98. The zero-order chi connectivity index (χ0) is 19.7. The molecule has 0 unspecified atom stereocenters. The second kappa shape index (κ2) is 7.28. The van der Waals surface area contributed by atoms with Crippen molar-refractivity contribution in [3.05, 3.63) is 71.1 Å². The van der Waals surface area contributed by atoms with Gasteiger partial charge < -0.3 is 8.83 Å². The topological polar surface area (TPSA) is 94.1 Å². The Kier molecular flexibility index (Phi) is 4.67. The highest BCUT2D eigenvalue weighted by Gasteiger charge is 2.23. The van der Waals surface area contributed by atoms with Crippen LogP contribution in [0.25, 0.3) is 22.6 Å². The number of carbonyl (C=O) groups is 1. The molecule has 0 saturated heterocycles. The molecule has 0 aliphatic rings. The fourth-order valence-electron chi connectivity index (χ4n) is 2.73. The van der Waals surface area contributed by atoms with E-state index >= 15 is 0 Å². The van der Waals surface area contributed by atoms with E-state index in [9.17, 15) is 4.79 Å². The monoisotopic (exact) mass is 394 g/mol. The van der Waals surface area contributed by atoms with Crippen LogP contribution in [0.4, 0.5) is 6.01 Å². The second-order valence-corrected chi connectivity index (χ2v) is 6.45. The Balaban J connectivity index is 1.63. The van der Waals surface area contributed by atoms with Crippen LogP contribution in [0.3, 0.4) is 0 Å². The van der Waals surface area contributed by atoms with Crippen LogP contribution in [0.15, 0.2) is 57.5 Å². The molecule has 4 rings (SSSR count). The average molecular weight is 395 g/mol. The number of nitrogens with zero attached hydrogens (tertiary/aromatic N) is 3. The lowest BCUT2D eigenvalue weighted by Gasteiger charge is -2.01. The number of hydrogen-bond donors (Lipinski definition) is 1. The van der Waals surface area contributed by atoms with E-state index in [2.05, 4.69) is 20.3 Å². The van der Waals surface area contributed by atoms with Crippen molar-refractivity contribution >= 4 is 23.5 Å². The van der Waals surface area contributed by atoms with E-state index in [1.54, 1.807) is 44.3 Å². The molecular formula is C20H15ClN4O3. The molecule has 0 aliphatic carbocycles. The molecule has 0 fully saturated rings. The predicted molar refractivity (Wildman–Crippen MR) is 104 cm³/mol. The first-order chi connectivity index (χ1) is 13.5. The van der Waals surface area contributed by atoms with Gasteiger partial charge in [-0.3, -0.25) is 15.1 Å². The maximum Gasteiger partial charge on any atom is 0.302 e. The van der Waals surface area contributed by atoms with Crippen molar-refractivity contribution in [1.29, 1.82) is 0 Å². The third kappa shape index (κ3) is 3.52. The summed E-state index contributed by atoms with van der Waals surface area (Å²) in [7, 11) is 0. The third-order valence-corrected chi connectivity index (χ3v) is 4.23. The van der Waals surface area contributed by atoms with Gasteiger partial charge in [-0.2, -0.15) is 4.98 Å². The fourth-order valence-corrected chi connectivity index (χ4v) is 2.85. The Morgan fingerprint density at radius 1 is 1.00 bits per heavy atom. The number of carbonyl (C=O) groups excluding carboxylic acids is 1. The van der Waals surface area contributed by atoms with Gasteiger partial charge >= 0.3 is 6.01 Å². The van der Waals surface area contributed by atoms with Gasteiger partial charge in [-0.1, -0.05) is 29.8 Å². The van der Waals surface area contributed by atoms with Gasteiger partial charge in [-0.05, 0) is 31.2 Å². The van der Waals surface area contributed by atoms with Gasteiger partial charge in [-0.15, -0.1) is 0 Å². The summed E-state index contributed by atoms with van der Waals surface area (Å²) in [4.78, 5) is 25.6. The van der Waals surface area contributed by atoms with Crippen molar-refractivity contribution in [2.24, 2.45) is 0 Å². The van der Waals surface area contributed by atoms with Crippen molar-refractivity contribution in [3.63, 3.8) is 0 Å². The standard InChI is InChI=1S/C20H15ClN4O3/c1-11-16(15-5-3-4-10-22-15)24-20(27-11)25-19(26)18-17(23-12(2)28-18)13-6-8-14(21)9-7-13/h3-10H,1-2H3,(H,24,25,26). The van der Waals surface area contributed by atoms with Gasteiger partial charge in [0.05, 0.1) is 5.69 Å². The lowest BCUT2D eigenvalue weighted by Crippen LogP contribution is -2.12. The second-order valence-electron chi connectivity index (χ2n) is 6.01. The highest BCUT2D eigenvalue weighted by atomic mass is 35.5. The minimum Gasteiger partial charge on any atom is -0.435 e. The minimum absolute atomic E-state index is 0.0549. The number of rotatable bonds is 4. The minimum atomic E-state index is -0.514. The van der Waals surface area contributed by atoms with Crippen LogP contribution < -0.4 is 5.32 Å². The summed E-state index contributed by atoms with van der Waals surface area (Å²) in [6.45, 7) is 3.43. The van der Waals surface area contributed by atoms with Gasteiger partial charge in [0.1, 0.15) is 17.1 Å². The number of aromatic nitrogens is 3. The maximum absolute atomic E-state index is 12.8. The van der Waals surface area contributed by atoms with Gasteiger partial charge in [0.25, 0.3) is 5.91 Å². The zero-order valence-corrected chi connectivity index (χ0v) is 15.8. The number of halogens is 1. The summed E-state index contributed by atoms with van der Waals surface area (Å²) in [6.07, 6.45) is 1.66. The number of amides is 1. The van der Waals surface area contributed by atoms with Gasteiger partial charge in [0, 0.05) is 23.7 Å². The van der Waals surface area contributed by atoms with Crippen molar-refractivity contribution in [2.75, 3.05) is 5.32 Å². The Labute approximate surface area is 165 Å². The summed E-state index contributed by atoms with van der Waals surface area (Å²) in [5.74, 6) is 0.461. The first-order valence-corrected chi connectivity index (χ1v) is 8.82. The lowest BCUT2D eigenvalue weighted by atomic mass is 10.1. The Morgan fingerprint density at radius 3 is 2.50 bits per heavy atom. The molecule has 1 N–H and O–H groups in total. The van der Waals surface area contributed by atoms with Gasteiger partial charge in [-0.25, -0.2) is 4.98 Å². The Morgan fingerprint density at radius 2 is 1.79 bits per heavy atom. The number of nitrogens with one attached hydrogen (secondary N) is 1. The number of oxazole rings is 2. The molecule has 140 valence electrons. The van der Waals surface area contributed by atoms with Crippen molar-refractivity contribution in [3.8, 4) is 22.6 Å². The number of anilines is 1. The van der Waals surface area contributed by atoms with Crippen LogP contribution in [0.5, 0.6) is 0 Å². The summed E-state index contributed by atoms with van der Waals surface area (Å²) in [6, 6.07) is 12.5. The summed E-state index contributed by atoms with van der Waals surface area (Å²) < 4.78 is 11.1. The first kappa shape index (κ1) is 17.9. The van der Waals surface area contributed by atoms with E-state index in [-0.39, 0.29) is 11.8 Å². The maximum atomic E-state index is 12.8. The zero-order valence-electron chi connectivity index (χ0n) is 15.1. The molecule has 1 amide bonds. The normalized spacial score (nSPS) is 10.8. The van der Waals surface area contributed by atoms with Crippen LogP contribution in [0, 0.1) is 13.8 Å². The number of aryl methyl sites for hydroxylation is 2. The van der Waals surface area contributed by atoms with Gasteiger partial charge in [0.2, 0.25) is 5.76 Å². The van der Waals surface area contributed by atoms with Crippen LogP contribution >= 0.6 is 11.6 Å². The Hall–Kier alpha value is -3.45. The highest BCUT2D eigenvalue weighted by Crippen LogP contribution is 2.27. The van der Waals surface area contributed by atoms with Crippen molar-refractivity contribution in [1.82, 2.24) is 15.0 Å². The number of pyridine rings is 1.